The lowest BCUT2D eigenvalue weighted by Gasteiger charge is -2.31. The maximum Gasteiger partial charge on any atom is 0.151 e. The van der Waals surface area contributed by atoms with Crippen LogP contribution in [0.2, 0.25) is 0 Å². The van der Waals surface area contributed by atoms with E-state index >= 15 is 0 Å². The lowest BCUT2D eigenvalue weighted by Crippen LogP contribution is -2.39. The molecule has 1 unspecified atom stereocenters. The van der Waals surface area contributed by atoms with Crippen molar-refractivity contribution in [2.45, 2.75) is 32.1 Å². The number of likely N-dealkylation sites (tertiary alicyclic amines) is 1. The summed E-state index contributed by atoms with van der Waals surface area (Å²) in [6.07, 6.45) is 4.27. The summed E-state index contributed by atoms with van der Waals surface area (Å²) in [5.41, 5.74) is 2.95. The van der Waals surface area contributed by atoms with Crippen LogP contribution < -0.4 is 0 Å². The lowest BCUT2D eigenvalue weighted by molar-refractivity contribution is -0.0149. The summed E-state index contributed by atoms with van der Waals surface area (Å²) in [6, 6.07) is 18.1. The maximum absolute atomic E-state index is 6.06. The van der Waals surface area contributed by atoms with E-state index in [2.05, 4.69) is 15.0 Å². The smallest absolute Gasteiger partial charge is 0.151 e. The van der Waals surface area contributed by atoms with Gasteiger partial charge in [0.2, 0.25) is 0 Å². The summed E-state index contributed by atoms with van der Waals surface area (Å²) in [6.45, 7) is 3.31. The molecule has 2 aromatic heterocycles. The van der Waals surface area contributed by atoms with Crippen molar-refractivity contribution in [1.29, 1.82) is 0 Å². The predicted molar refractivity (Wildman–Crippen MR) is 99.3 cm³/mol. The van der Waals surface area contributed by atoms with Gasteiger partial charge < -0.3 is 9.26 Å². The van der Waals surface area contributed by atoms with Gasteiger partial charge in [-0.05, 0) is 31.5 Å². The highest BCUT2D eigenvalue weighted by Crippen LogP contribution is 2.21. The predicted octanol–water partition coefficient (Wildman–Crippen LogP) is 3.92. The molecule has 0 amide bonds. The normalized spacial score (nSPS) is 18.1. The Morgan fingerprint density at radius 3 is 2.85 bits per heavy atom. The third-order valence-corrected chi connectivity index (χ3v) is 4.66. The Hall–Kier alpha value is -2.50. The van der Waals surface area contributed by atoms with Crippen molar-refractivity contribution < 1.29 is 9.26 Å². The van der Waals surface area contributed by atoms with Crippen LogP contribution in [0.4, 0.5) is 0 Å². The Morgan fingerprint density at radius 1 is 1.12 bits per heavy atom. The monoisotopic (exact) mass is 349 g/mol. The summed E-state index contributed by atoms with van der Waals surface area (Å²) < 4.78 is 11.6. The van der Waals surface area contributed by atoms with E-state index in [1.807, 2.05) is 54.6 Å². The largest absolute Gasteiger partial charge is 0.371 e. The summed E-state index contributed by atoms with van der Waals surface area (Å²) in [5, 5.41) is 4.21. The van der Waals surface area contributed by atoms with Gasteiger partial charge in [0.15, 0.2) is 5.76 Å². The summed E-state index contributed by atoms with van der Waals surface area (Å²) in [5.74, 6) is 0.897. The number of benzene rings is 1. The SMILES string of the molecule is c1ccc(-c2cc(CN3CCCC(OCc4ccccn4)C3)on2)cc1. The summed E-state index contributed by atoms with van der Waals surface area (Å²) >= 11 is 0. The van der Waals surface area contributed by atoms with E-state index in [4.69, 9.17) is 9.26 Å². The van der Waals surface area contributed by atoms with E-state index in [-0.39, 0.29) is 6.10 Å². The molecule has 1 aromatic carbocycles. The van der Waals surface area contributed by atoms with Crippen LogP contribution in [0.25, 0.3) is 11.3 Å². The highest BCUT2D eigenvalue weighted by atomic mass is 16.5. The quantitative estimate of drug-likeness (QED) is 0.675. The average molecular weight is 349 g/mol. The zero-order valence-corrected chi connectivity index (χ0v) is 14.8. The molecule has 1 aliphatic heterocycles. The van der Waals surface area contributed by atoms with Crippen LogP contribution in [-0.2, 0) is 17.9 Å². The molecule has 134 valence electrons. The van der Waals surface area contributed by atoms with Crippen molar-refractivity contribution in [3.63, 3.8) is 0 Å². The summed E-state index contributed by atoms with van der Waals surface area (Å²) in [7, 11) is 0. The Kier molecular flexibility index (Phi) is 5.38. The Labute approximate surface area is 153 Å². The summed E-state index contributed by atoms with van der Waals surface area (Å²) in [4.78, 5) is 6.70. The number of hydrogen-bond donors (Lipinski definition) is 0. The molecule has 1 saturated heterocycles. The van der Waals surface area contributed by atoms with Crippen molar-refractivity contribution in [3.05, 3.63) is 72.2 Å². The lowest BCUT2D eigenvalue weighted by atomic mass is 10.1. The van der Waals surface area contributed by atoms with Crippen LogP contribution in [0.1, 0.15) is 24.3 Å². The van der Waals surface area contributed by atoms with E-state index in [9.17, 15) is 0 Å². The zero-order valence-electron chi connectivity index (χ0n) is 14.8. The molecule has 3 aromatic rings. The molecule has 0 spiro atoms. The maximum atomic E-state index is 6.06. The molecule has 3 heterocycles. The minimum Gasteiger partial charge on any atom is -0.371 e. The number of rotatable bonds is 6. The minimum absolute atomic E-state index is 0.238. The van der Waals surface area contributed by atoms with Gasteiger partial charge >= 0.3 is 0 Å². The van der Waals surface area contributed by atoms with E-state index in [0.29, 0.717) is 6.61 Å². The van der Waals surface area contributed by atoms with Gasteiger partial charge in [0.05, 0.1) is 24.9 Å². The molecule has 0 aliphatic carbocycles. The van der Waals surface area contributed by atoms with E-state index < -0.39 is 0 Å². The highest BCUT2D eigenvalue weighted by molar-refractivity contribution is 5.58. The fourth-order valence-electron chi connectivity index (χ4n) is 3.33. The van der Waals surface area contributed by atoms with Gasteiger partial charge in [-0.2, -0.15) is 0 Å². The van der Waals surface area contributed by atoms with Crippen molar-refractivity contribution in [1.82, 2.24) is 15.0 Å². The van der Waals surface area contributed by atoms with Crippen molar-refractivity contribution in [3.8, 4) is 11.3 Å². The molecule has 5 heteroatoms. The van der Waals surface area contributed by atoms with Crippen molar-refractivity contribution in [2.75, 3.05) is 13.1 Å². The third kappa shape index (κ3) is 4.36. The molecule has 0 N–H and O–H groups in total. The molecule has 1 aliphatic rings. The van der Waals surface area contributed by atoms with Crippen molar-refractivity contribution >= 4 is 0 Å². The van der Waals surface area contributed by atoms with Gasteiger partial charge in [0.25, 0.3) is 0 Å². The number of piperidine rings is 1. The fraction of sp³-hybridized carbons (Fsp3) is 0.333. The van der Waals surface area contributed by atoms with Crippen LogP contribution in [0, 0.1) is 0 Å². The van der Waals surface area contributed by atoms with Gasteiger partial charge in [-0.25, -0.2) is 0 Å². The van der Waals surface area contributed by atoms with E-state index in [1.54, 1.807) is 6.20 Å². The molecule has 4 rings (SSSR count). The van der Waals surface area contributed by atoms with Crippen LogP contribution in [0.5, 0.6) is 0 Å². The van der Waals surface area contributed by atoms with E-state index in [1.165, 1.54) is 0 Å². The van der Waals surface area contributed by atoms with Crippen LogP contribution in [0.15, 0.2) is 65.3 Å². The van der Waals surface area contributed by atoms with Crippen molar-refractivity contribution in [2.24, 2.45) is 0 Å². The molecule has 0 radical (unpaired) electrons. The van der Waals surface area contributed by atoms with Gasteiger partial charge in [0.1, 0.15) is 5.69 Å². The number of ether oxygens (including phenoxy) is 1. The Bertz CT molecular complexity index is 804. The highest BCUT2D eigenvalue weighted by Gasteiger charge is 2.22. The molecule has 1 fully saturated rings. The topological polar surface area (TPSA) is 51.4 Å². The Balaban J connectivity index is 1.32. The second kappa shape index (κ2) is 8.25. The number of hydrogen-bond acceptors (Lipinski definition) is 5. The van der Waals surface area contributed by atoms with Gasteiger partial charge in [0, 0.05) is 24.4 Å². The minimum atomic E-state index is 0.238. The fourth-order valence-corrected chi connectivity index (χ4v) is 3.33. The number of aromatic nitrogens is 2. The first-order valence-electron chi connectivity index (χ1n) is 9.12. The van der Waals surface area contributed by atoms with Crippen LogP contribution in [-0.4, -0.2) is 34.2 Å². The molecule has 0 saturated carbocycles. The molecular formula is C21H23N3O2. The second-order valence-electron chi connectivity index (χ2n) is 6.68. The molecule has 0 bridgehead atoms. The average Bonchev–Trinajstić information content (AvgIpc) is 3.17. The van der Waals surface area contributed by atoms with Gasteiger partial charge in [-0.15, -0.1) is 0 Å². The Morgan fingerprint density at radius 2 is 2.00 bits per heavy atom. The van der Waals surface area contributed by atoms with E-state index in [0.717, 1.165) is 55.2 Å². The van der Waals surface area contributed by atoms with Gasteiger partial charge in [-0.1, -0.05) is 41.6 Å². The number of nitrogens with zero attached hydrogens (tertiary/aromatic N) is 3. The first-order chi connectivity index (χ1) is 12.9. The first-order valence-corrected chi connectivity index (χ1v) is 9.12. The molecule has 5 nitrogen and oxygen atoms in total. The first kappa shape index (κ1) is 16.9. The van der Waals surface area contributed by atoms with Crippen LogP contribution in [0.3, 0.4) is 0 Å². The molecular weight excluding hydrogens is 326 g/mol. The second-order valence-corrected chi connectivity index (χ2v) is 6.68. The standard InChI is InChI=1S/C21H23N3O2/c1-2-7-17(8-3-1)21-13-20(26-23-21)15-24-12-6-10-19(14-24)25-16-18-9-4-5-11-22-18/h1-5,7-9,11,13,19H,6,10,12,14-16H2. The van der Waals surface area contributed by atoms with Crippen LogP contribution >= 0.6 is 0 Å². The zero-order chi connectivity index (χ0) is 17.6. The number of pyridine rings is 1. The third-order valence-electron chi connectivity index (χ3n) is 4.66. The van der Waals surface area contributed by atoms with Gasteiger partial charge in [-0.3, -0.25) is 9.88 Å². The molecule has 26 heavy (non-hydrogen) atoms. The molecule has 1 atom stereocenters.